The Kier molecular flexibility index (Phi) is 5.84. The molecule has 0 spiro atoms. The van der Waals surface area contributed by atoms with Gasteiger partial charge in [0.2, 0.25) is 5.91 Å². The first-order valence-electron chi connectivity index (χ1n) is 8.88. The van der Waals surface area contributed by atoms with E-state index in [1.807, 2.05) is 32.0 Å². The molecule has 7 heteroatoms. The molecule has 1 amide bonds. The van der Waals surface area contributed by atoms with Crippen LogP contribution in [0, 0.1) is 13.8 Å². The molecule has 140 valence electrons. The molecule has 0 radical (unpaired) electrons. The van der Waals surface area contributed by atoms with Crippen molar-refractivity contribution in [2.45, 2.75) is 26.7 Å². The largest absolute Gasteiger partial charge is 0.367 e. The van der Waals surface area contributed by atoms with Gasteiger partial charge >= 0.3 is 0 Å². The number of aryl methyl sites for hydroxylation is 2. The molecular formula is C19H25ClN4O2. The van der Waals surface area contributed by atoms with Gasteiger partial charge in [-0.3, -0.25) is 4.79 Å². The lowest BCUT2D eigenvalue weighted by Crippen LogP contribution is -2.44. The van der Waals surface area contributed by atoms with Crippen molar-refractivity contribution >= 4 is 28.9 Å². The van der Waals surface area contributed by atoms with E-state index in [0.717, 1.165) is 54.6 Å². The van der Waals surface area contributed by atoms with Crippen LogP contribution in [0.1, 0.15) is 23.4 Å². The van der Waals surface area contributed by atoms with Crippen molar-refractivity contribution in [3.8, 4) is 0 Å². The van der Waals surface area contributed by atoms with Gasteiger partial charge in [-0.05, 0) is 45.5 Å². The predicted octanol–water partition coefficient (Wildman–Crippen LogP) is 3.27. The standard InChI is InChI=1S/C19H25ClN4O2/c1-13-16(14(2)26-22-13)5-7-19(25)21-17-12-15(20)4-6-18(17)24-10-8-23(3)9-11-24/h4,6,12H,5,7-11H2,1-3H3,(H,21,25). The zero-order valence-electron chi connectivity index (χ0n) is 15.5. The molecule has 1 N–H and O–H groups in total. The maximum atomic E-state index is 12.5. The van der Waals surface area contributed by atoms with E-state index < -0.39 is 0 Å². The van der Waals surface area contributed by atoms with Gasteiger partial charge in [-0.25, -0.2) is 0 Å². The van der Waals surface area contributed by atoms with Gasteiger partial charge in [0, 0.05) is 43.2 Å². The fourth-order valence-corrected chi connectivity index (χ4v) is 3.41. The third-order valence-electron chi connectivity index (χ3n) is 4.86. The lowest BCUT2D eigenvalue weighted by Gasteiger charge is -2.35. The molecular weight excluding hydrogens is 352 g/mol. The maximum Gasteiger partial charge on any atom is 0.224 e. The van der Waals surface area contributed by atoms with Crippen LogP contribution in [0.25, 0.3) is 0 Å². The first-order valence-corrected chi connectivity index (χ1v) is 9.26. The van der Waals surface area contributed by atoms with Crippen LogP contribution in [-0.4, -0.2) is 49.2 Å². The van der Waals surface area contributed by atoms with E-state index in [0.29, 0.717) is 17.9 Å². The van der Waals surface area contributed by atoms with E-state index in [4.69, 9.17) is 16.1 Å². The number of anilines is 2. The SMILES string of the molecule is Cc1noc(C)c1CCC(=O)Nc1cc(Cl)ccc1N1CCN(C)CC1. The van der Waals surface area contributed by atoms with Crippen molar-refractivity contribution in [2.75, 3.05) is 43.4 Å². The summed E-state index contributed by atoms with van der Waals surface area (Å²) in [5.41, 5.74) is 3.64. The number of nitrogens with zero attached hydrogens (tertiary/aromatic N) is 3. The number of halogens is 1. The van der Waals surface area contributed by atoms with E-state index in [1.165, 1.54) is 0 Å². The summed E-state index contributed by atoms with van der Waals surface area (Å²) in [5.74, 6) is 0.735. The Labute approximate surface area is 159 Å². The van der Waals surface area contributed by atoms with Gasteiger partial charge in [0.15, 0.2) is 0 Å². The summed E-state index contributed by atoms with van der Waals surface area (Å²) in [6.45, 7) is 7.63. The molecule has 0 unspecified atom stereocenters. The van der Waals surface area contributed by atoms with Crippen LogP contribution < -0.4 is 10.2 Å². The van der Waals surface area contributed by atoms with E-state index in [1.54, 1.807) is 0 Å². The molecule has 26 heavy (non-hydrogen) atoms. The number of benzene rings is 1. The van der Waals surface area contributed by atoms with Gasteiger partial charge in [0.05, 0.1) is 17.1 Å². The summed E-state index contributed by atoms with van der Waals surface area (Å²) in [6.07, 6.45) is 0.981. The molecule has 1 fully saturated rings. The number of hydrogen-bond donors (Lipinski definition) is 1. The van der Waals surface area contributed by atoms with Crippen molar-refractivity contribution in [3.63, 3.8) is 0 Å². The van der Waals surface area contributed by atoms with Crippen molar-refractivity contribution in [1.29, 1.82) is 0 Å². The highest BCUT2D eigenvalue weighted by atomic mass is 35.5. The summed E-state index contributed by atoms with van der Waals surface area (Å²) in [4.78, 5) is 17.1. The molecule has 1 aromatic carbocycles. The van der Waals surface area contributed by atoms with Crippen molar-refractivity contribution in [2.24, 2.45) is 0 Å². The fourth-order valence-electron chi connectivity index (χ4n) is 3.24. The number of nitrogens with one attached hydrogen (secondary N) is 1. The van der Waals surface area contributed by atoms with Crippen LogP contribution in [0.2, 0.25) is 5.02 Å². The van der Waals surface area contributed by atoms with E-state index in [-0.39, 0.29) is 5.91 Å². The monoisotopic (exact) mass is 376 g/mol. The van der Waals surface area contributed by atoms with Gasteiger partial charge in [-0.2, -0.15) is 0 Å². The first kappa shape index (κ1) is 18.7. The van der Waals surface area contributed by atoms with Gasteiger partial charge in [0.1, 0.15) is 5.76 Å². The number of hydrogen-bond acceptors (Lipinski definition) is 5. The Morgan fingerprint density at radius 3 is 2.65 bits per heavy atom. The van der Waals surface area contributed by atoms with E-state index in [9.17, 15) is 4.79 Å². The van der Waals surface area contributed by atoms with Crippen LogP contribution in [0.3, 0.4) is 0 Å². The Balaban J connectivity index is 1.68. The Hall–Kier alpha value is -2.05. The lowest BCUT2D eigenvalue weighted by atomic mass is 10.1. The number of carbonyl (C=O) groups excluding carboxylic acids is 1. The smallest absolute Gasteiger partial charge is 0.224 e. The highest BCUT2D eigenvalue weighted by Crippen LogP contribution is 2.30. The molecule has 2 aromatic rings. The number of aromatic nitrogens is 1. The van der Waals surface area contributed by atoms with Gasteiger partial charge in [-0.1, -0.05) is 16.8 Å². The Bertz CT molecular complexity index is 762. The number of rotatable bonds is 5. The van der Waals surface area contributed by atoms with Gasteiger partial charge in [-0.15, -0.1) is 0 Å². The van der Waals surface area contributed by atoms with E-state index >= 15 is 0 Å². The number of piperazine rings is 1. The zero-order valence-corrected chi connectivity index (χ0v) is 16.3. The van der Waals surface area contributed by atoms with Crippen LogP contribution in [0.15, 0.2) is 22.7 Å². The fraction of sp³-hybridized carbons (Fsp3) is 0.474. The molecule has 0 atom stereocenters. The van der Waals surface area contributed by atoms with Crippen LogP contribution in [0.5, 0.6) is 0 Å². The predicted molar refractivity (Wildman–Crippen MR) is 104 cm³/mol. The highest BCUT2D eigenvalue weighted by Gasteiger charge is 2.19. The molecule has 1 aliphatic rings. The Morgan fingerprint density at radius 1 is 1.27 bits per heavy atom. The van der Waals surface area contributed by atoms with Gasteiger partial charge < -0.3 is 19.6 Å². The molecule has 3 rings (SSSR count). The van der Waals surface area contributed by atoms with Crippen molar-refractivity contribution in [3.05, 3.63) is 40.2 Å². The molecule has 0 bridgehead atoms. The molecule has 1 aliphatic heterocycles. The lowest BCUT2D eigenvalue weighted by molar-refractivity contribution is -0.116. The molecule has 2 heterocycles. The normalized spacial score (nSPS) is 15.3. The molecule has 0 saturated carbocycles. The van der Waals surface area contributed by atoms with Crippen LogP contribution >= 0.6 is 11.6 Å². The minimum atomic E-state index is -0.0392. The molecule has 1 aromatic heterocycles. The van der Waals surface area contributed by atoms with Crippen LogP contribution in [-0.2, 0) is 11.2 Å². The third-order valence-corrected chi connectivity index (χ3v) is 5.10. The van der Waals surface area contributed by atoms with Gasteiger partial charge in [0.25, 0.3) is 0 Å². The first-order chi connectivity index (χ1) is 12.4. The second-order valence-electron chi connectivity index (χ2n) is 6.80. The molecule has 0 aliphatic carbocycles. The number of carbonyl (C=O) groups is 1. The maximum absolute atomic E-state index is 12.5. The summed E-state index contributed by atoms with van der Waals surface area (Å²) < 4.78 is 5.16. The quantitative estimate of drug-likeness (QED) is 0.867. The summed E-state index contributed by atoms with van der Waals surface area (Å²) in [6, 6.07) is 5.68. The average Bonchev–Trinajstić information content (AvgIpc) is 2.92. The average molecular weight is 377 g/mol. The topological polar surface area (TPSA) is 61.6 Å². The van der Waals surface area contributed by atoms with Crippen molar-refractivity contribution in [1.82, 2.24) is 10.1 Å². The van der Waals surface area contributed by atoms with E-state index in [2.05, 4.69) is 27.3 Å². The third kappa shape index (κ3) is 4.37. The minimum absolute atomic E-state index is 0.0392. The summed E-state index contributed by atoms with van der Waals surface area (Å²) in [5, 5.41) is 7.58. The second-order valence-corrected chi connectivity index (χ2v) is 7.24. The van der Waals surface area contributed by atoms with Crippen LogP contribution in [0.4, 0.5) is 11.4 Å². The zero-order chi connectivity index (χ0) is 18.7. The second kappa shape index (κ2) is 8.10. The summed E-state index contributed by atoms with van der Waals surface area (Å²) >= 11 is 6.16. The molecule has 6 nitrogen and oxygen atoms in total. The highest BCUT2D eigenvalue weighted by molar-refractivity contribution is 6.31. The number of likely N-dealkylation sites (N-methyl/N-ethyl adjacent to an activating group) is 1. The Morgan fingerprint density at radius 2 is 2.00 bits per heavy atom. The van der Waals surface area contributed by atoms with Crippen molar-refractivity contribution < 1.29 is 9.32 Å². The number of amides is 1. The molecule has 1 saturated heterocycles. The minimum Gasteiger partial charge on any atom is -0.367 e. The summed E-state index contributed by atoms with van der Waals surface area (Å²) in [7, 11) is 2.12.